The third kappa shape index (κ3) is 3.07. The van der Waals surface area contributed by atoms with Crippen LogP contribution in [-0.4, -0.2) is 16.2 Å². The third-order valence-corrected chi connectivity index (χ3v) is 2.91. The average Bonchev–Trinajstić information content (AvgIpc) is 2.35. The lowest BCUT2D eigenvalue weighted by Gasteiger charge is -2.08. The molecule has 0 unspecified atom stereocenters. The van der Waals surface area contributed by atoms with Crippen LogP contribution in [0.5, 0.6) is 5.88 Å². The van der Waals surface area contributed by atoms with E-state index in [4.69, 9.17) is 34.0 Å². The number of nitrogen functional groups attached to an aromatic ring is 1. The standard InChI is InChI=1S/C12H8Cl2N2O3/c13-7-3-1-6(2-4-7)9-5-8(15)10(14)11(16-9)19-12(17)18/h1-5H,(H2,15,16)(H,17,18). The molecule has 98 valence electrons. The second kappa shape index (κ2) is 5.34. The summed E-state index contributed by atoms with van der Waals surface area (Å²) < 4.78 is 4.48. The minimum Gasteiger partial charge on any atom is -0.449 e. The lowest BCUT2D eigenvalue weighted by Crippen LogP contribution is -2.06. The maximum Gasteiger partial charge on any atom is 0.512 e. The van der Waals surface area contributed by atoms with Crippen LogP contribution in [0.3, 0.4) is 0 Å². The lowest BCUT2D eigenvalue weighted by atomic mass is 10.1. The second-order valence-electron chi connectivity index (χ2n) is 3.59. The molecule has 0 bridgehead atoms. The predicted molar refractivity (Wildman–Crippen MR) is 72.8 cm³/mol. The van der Waals surface area contributed by atoms with E-state index in [9.17, 15) is 4.79 Å². The molecule has 0 amide bonds. The first-order chi connectivity index (χ1) is 8.97. The molecule has 5 nitrogen and oxygen atoms in total. The van der Waals surface area contributed by atoms with Crippen molar-refractivity contribution in [3.05, 3.63) is 40.4 Å². The van der Waals surface area contributed by atoms with Crippen LogP contribution in [0.15, 0.2) is 30.3 Å². The van der Waals surface area contributed by atoms with Gasteiger partial charge in [-0.15, -0.1) is 0 Å². The molecule has 1 aromatic heterocycles. The number of anilines is 1. The predicted octanol–water partition coefficient (Wildman–Crippen LogP) is 3.69. The highest BCUT2D eigenvalue weighted by molar-refractivity contribution is 6.34. The number of nitrogens with two attached hydrogens (primary N) is 1. The van der Waals surface area contributed by atoms with E-state index in [-0.39, 0.29) is 16.6 Å². The van der Waals surface area contributed by atoms with Gasteiger partial charge in [-0.05, 0) is 18.2 Å². The molecular formula is C12H8Cl2N2O3. The zero-order valence-corrected chi connectivity index (χ0v) is 10.9. The summed E-state index contributed by atoms with van der Waals surface area (Å²) in [6, 6.07) is 8.34. The van der Waals surface area contributed by atoms with Gasteiger partial charge in [0.1, 0.15) is 5.02 Å². The maximum atomic E-state index is 10.5. The number of benzene rings is 1. The summed E-state index contributed by atoms with van der Waals surface area (Å²) in [5, 5.41) is 9.14. The van der Waals surface area contributed by atoms with Crippen molar-refractivity contribution in [2.75, 3.05) is 5.73 Å². The number of ether oxygens (including phenoxy) is 1. The number of pyridine rings is 1. The molecule has 0 atom stereocenters. The average molecular weight is 299 g/mol. The van der Waals surface area contributed by atoms with Crippen molar-refractivity contribution in [3.8, 4) is 17.1 Å². The Labute approximate surface area is 118 Å². The Bertz CT molecular complexity index is 630. The van der Waals surface area contributed by atoms with Gasteiger partial charge >= 0.3 is 6.16 Å². The zero-order chi connectivity index (χ0) is 14.0. The van der Waals surface area contributed by atoms with Crippen LogP contribution in [0.1, 0.15) is 0 Å². The van der Waals surface area contributed by atoms with Crippen molar-refractivity contribution in [2.45, 2.75) is 0 Å². The Hall–Kier alpha value is -1.98. The van der Waals surface area contributed by atoms with Gasteiger partial charge < -0.3 is 15.6 Å². The van der Waals surface area contributed by atoms with Crippen molar-refractivity contribution in [1.29, 1.82) is 0 Å². The second-order valence-corrected chi connectivity index (χ2v) is 4.41. The molecule has 0 aliphatic heterocycles. The molecule has 0 saturated heterocycles. The minimum absolute atomic E-state index is 0.0416. The summed E-state index contributed by atoms with van der Waals surface area (Å²) in [4.78, 5) is 14.6. The zero-order valence-electron chi connectivity index (χ0n) is 9.43. The number of aromatic nitrogens is 1. The van der Waals surface area contributed by atoms with E-state index in [2.05, 4.69) is 9.72 Å². The van der Waals surface area contributed by atoms with Crippen molar-refractivity contribution in [1.82, 2.24) is 4.98 Å². The van der Waals surface area contributed by atoms with Crippen LogP contribution in [0.4, 0.5) is 10.5 Å². The van der Waals surface area contributed by atoms with E-state index >= 15 is 0 Å². The summed E-state index contributed by atoms with van der Waals surface area (Å²) >= 11 is 11.6. The van der Waals surface area contributed by atoms with E-state index in [0.29, 0.717) is 16.3 Å². The smallest absolute Gasteiger partial charge is 0.449 e. The number of hydrogen-bond acceptors (Lipinski definition) is 4. The lowest BCUT2D eigenvalue weighted by molar-refractivity contribution is 0.142. The Kier molecular flexibility index (Phi) is 3.78. The molecule has 0 aliphatic carbocycles. The van der Waals surface area contributed by atoms with Gasteiger partial charge in [0.2, 0.25) is 5.88 Å². The molecule has 2 aromatic rings. The molecular weight excluding hydrogens is 291 g/mol. The van der Waals surface area contributed by atoms with Gasteiger partial charge in [-0.2, -0.15) is 0 Å². The minimum atomic E-state index is -1.51. The highest BCUT2D eigenvalue weighted by atomic mass is 35.5. The summed E-state index contributed by atoms with van der Waals surface area (Å²) in [6.45, 7) is 0. The van der Waals surface area contributed by atoms with Gasteiger partial charge in [-0.1, -0.05) is 35.3 Å². The number of carbonyl (C=O) groups is 1. The normalized spacial score (nSPS) is 10.2. The van der Waals surface area contributed by atoms with E-state index in [0.717, 1.165) is 0 Å². The van der Waals surface area contributed by atoms with Crippen molar-refractivity contribution < 1.29 is 14.6 Å². The van der Waals surface area contributed by atoms with Gasteiger partial charge in [0, 0.05) is 10.6 Å². The first-order valence-corrected chi connectivity index (χ1v) is 5.85. The van der Waals surface area contributed by atoms with Crippen LogP contribution >= 0.6 is 23.2 Å². The summed E-state index contributed by atoms with van der Waals surface area (Å²) in [7, 11) is 0. The Morgan fingerprint density at radius 2 is 1.89 bits per heavy atom. The maximum absolute atomic E-state index is 10.5. The van der Waals surface area contributed by atoms with E-state index in [1.165, 1.54) is 6.07 Å². The van der Waals surface area contributed by atoms with Crippen molar-refractivity contribution in [3.63, 3.8) is 0 Å². The molecule has 1 aromatic carbocycles. The molecule has 3 N–H and O–H groups in total. The van der Waals surface area contributed by atoms with Gasteiger partial charge in [-0.3, -0.25) is 0 Å². The van der Waals surface area contributed by atoms with Gasteiger partial charge in [-0.25, -0.2) is 9.78 Å². The fraction of sp³-hybridized carbons (Fsp3) is 0. The molecule has 0 spiro atoms. The SMILES string of the molecule is Nc1cc(-c2ccc(Cl)cc2)nc(OC(=O)O)c1Cl. The van der Waals surface area contributed by atoms with Gasteiger partial charge in [0.15, 0.2) is 0 Å². The monoisotopic (exact) mass is 298 g/mol. The molecule has 0 saturated carbocycles. The molecule has 1 heterocycles. The Morgan fingerprint density at radius 1 is 1.26 bits per heavy atom. The highest BCUT2D eigenvalue weighted by Crippen LogP contribution is 2.33. The molecule has 0 radical (unpaired) electrons. The van der Waals surface area contributed by atoms with Gasteiger partial charge in [0.05, 0.1) is 11.4 Å². The van der Waals surface area contributed by atoms with E-state index in [1.54, 1.807) is 24.3 Å². The summed E-state index contributed by atoms with van der Waals surface area (Å²) in [5.41, 5.74) is 7.02. The fourth-order valence-corrected chi connectivity index (χ4v) is 1.71. The van der Waals surface area contributed by atoms with Crippen LogP contribution in [0, 0.1) is 0 Å². The Morgan fingerprint density at radius 3 is 2.47 bits per heavy atom. The number of hydrogen-bond donors (Lipinski definition) is 2. The first kappa shape index (κ1) is 13.5. The highest BCUT2D eigenvalue weighted by Gasteiger charge is 2.14. The number of nitrogens with zero attached hydrogens (tertiary/aromatic N) is 1. The number of carboxylic acid groups (broad SMARTS) is 1. The third-order valence-electron chi connectivity index (χ3n) is 2.28. The van der Waals surface area contributed by atoms with Gasteiger partial charge in [0.25, 0.3) is 0 Å². The van der Waals surface area contributed by atoms with Crippen molar-refractivity contribution in [2.24, 2.45) is 0 Å². The van der Waals surface area contributed by atoms with Crippen LogP contribution in [-0.2, 0) is 0 Å². The fourth-order valence-electron chi connectivity index (χ4n) is 1.44. The van der Waals surface area contributed by atoms with Crippen LogP contribution in [0.2, 0.25) is 10.0 Å². The number of halogens is 2. The molecule has 0 aliphatic rings. The molecule has 0 fully saturated rings. The first-order valence-electron chi connectivity index (χ1n) is 5.10. The van der Waals surface area contributed by atoms with Crippen LogP contribution in [0.25, 0.3) is 11.3 Å². The summed E-state index contributed by atoms with van der Waals surface area (Å²) in [5.74, 6) is -0.251. The largest absolute Gasteiger partial charge is 0.512 e. The van der Waals surface area contributed by atoms with E-state index in [1.807, 2.05) is 0 Å². The quantitative estimate of drug-likeness (QED) is 0.826. The molecule has 2 rings (SSSR count). The molecule has 19 heavy (non-hydrogen) atoms. The summed E-state index contributed by atoms with van der Waals surface area (Å²) in [6.07, 6.45) is -1.51. The van der Waals surface area contributed by atoms with Crippen molar-refractivity contribution >= 4 is 35.0 Å². The van der Waals surface area contributed by atoms with E-state index < -0.39 is 6.16 Å². The topological polar surface area (TPSA) is 85.4 Å². The number of rotatable bonds is 2. The Balaban J connectivity index is 2.49. The molecule has 7 heteroatoms. The van der Waals surface area contributed by atoms with Crippen LogP contribution < -0.4 is 10.5 Å².